The lowest BCUT2D eigenvalue weighted by Gasteiger charge is -2.08. The second-order valence-corrected chi connectivity index (χ2v) is 8.82. The molecular weight excluding hydrogens is 430 g/mol. The summed E-state index contributed by atoms with van der Waals surface area (Å²) in [6, 6.07) is 19.3. The molecule has 5 aromatic rings. The molecule has 0 bridgehead atoms. The van der Waals surface area contributed by atoms with Crippen molar-refractivity contribution in [2.24, 2.45) is 0 Å². The predicted molar refractivity (Wildman–Crippen MR) is 134 cm³/mol. The lowest BCUT2D eigenvalue weighted by atomic mass is 10.0. The van der Waals surface area contributed by atoms with Crippen LogP contribution in [0.3, 0.4) is 0 Å². The summed E-state index contributed by atoms with van der Waals surface area (Å²) in [5, 5.41) is 2.82. The Bertz CT molecular complexity index is 1510. The van der Waals surface area contributed by atoms with Gasteiger partial charge in [0.05, 0.1) is 35.1 Å². The highest BCUT2D eigenvalue weighted by atomic mass is 32.1. The summed E-state index contributed by atoms with van der Waals surface area (Å²) < 4.78 is 7.26. The van der Waals surface area contributed by atoms with Gasteiger partial charge in [-0.15, -0.1) is 11.3 Å². The number of hydrogen-bond donors (Lipinski definition) is 1. The van der Waals surface area contributed by atoms with Crippen molar-refractivity contribution >= 4 is 28.3 Å². The number of hydrogen-bond acceptors (Lipinski definition) is 5. The van der Waals surface area contributed by atoms with E-state index in [1.165, 1.54) is 22.5 Å². The van der Waals surface area contributed by atoms with Gasteiger partial charge in [0.2, 0.25) is 5.78 Å². The molecule has 0 aliphatic heterocycles. The monoisotopic (exact) mass is 453 g/mol. The molecule has 6 heteroatoms. The van der Waals surface area contributed by atoms with Crippen LogP contribution in [0.15, 0.2) is 72.2 Å². The lowest BCUT2D eigenvalue weighted by Crippen LogP contribution is -2.09. The smallest absolute Gasteiger partial charge is 0.215 e. The Hall–Kier alpha value is -3.90. The molecule has 5 nitrogen and oxygen atoms in total. The number of para-hydroxylation sites is 1. The van der Waals surface area contributed by atoms with Crippen LogP contribution in [0.5, 0.6) is 5.75 Å². The van der Waals surface area contributed by atoms with Gasteiger partial charge in [0.15, 0.2) is 0 Å². The number of aryl methyl sites for hydroxylation is 2. The normalized spacial score (nSPS) is 11.1. The van der Waals surface area contributed by atoms with Gasteiger partial charge in [0.25, 0.3) is 0 Å². The summed E-state index contributed by atoms with van der Waals surface area (Å²) in [4.78, 5) is 18.5. The molecule has 0 unspecified atom stereocenters. The molecule has 3 aromatic heterocycles. The van der Waals surface area contributed by atoms with Gasteiger partial charge in [-0.3, -0.25) is 4.79 Å². The van der Waals surface area contributed by atoms with Crippen LogP contribution in [0, 0.1) is 13.8 Å². The second kappa shape index (κ2) is 8.22. The average Bonchev–Trinajstić information content (AvgIpc) is 3.42. The van der Waals surface area contributed by atoms with E-state index in [0.717, 1.165) is 27.3 Å². The van der Waals surface area contributed by atoms with Gasteiger partial charge < -0.3 is 14.9 Å². The number of rotatable bonds is 5. The van der Waals surface area contributed by atoms with Gasteiger partial charge in [-0.25, -0.2) is 4.98 Å². The van der Waals surface area contributed by atoms with Crippen LogP contribution in [-0.2, 0) is 0 Å². The maximum Gasteiger partial charge on any atom is 0.215 e. The highest BCUT2D eigenvalue weighted by molar-refractivity contribution is 7.13. The number of aromatic nitrogens is 2. The number of fused-ring (bicyclic) bond motifs is 1. The molecule has 3 heterocycles. The summed E-state index contributed by atoms with van der Waals surface area (Å²) in [6.45, 7) is 4.20. The minimum atomic E-state index is -0.191. The second-order valence-electron chi connectivity index (χ2n) is 7.96. The minimum absolute atomic E-state index is 0.191. The maximum atomic E-state index is 13.6. The molecule has 0 aliphatic carbocycles. The van der Waals surface area contributed by atoms with Crippen molar-refractivity contribution in [1.82, 2.24) is 9.38 Å². The molecule has 0 saturated carbocycles. The van der Waals surface area contributed by atoms with Crippen LogP contribution in [0.4, 0.5) is 5.69 Å². The Morgan fingerprint density at radius 3 is 2.61 bits per heavy atom. The van der Waals surface area contributed by atoms with Crippen molar-refractivity contribution < 1.29 is 9.53 Å². The molecule has 164 valence electrons. The van der Waals surface area contributed by atoms with Gasteiger partial charge in [-0.2, -0.15) is 0 Å². The van der Waals surface area contributed by atoms with Gasteiger partial charge in [-0.1, -0.05) is 30.3 Å². The third kappa shape index (κ3) is 3.49. The number of nitrogens with zero attached hydrogens (tertiary/aromatic N) is 2. The number of benzene rings is 2. The number of nitrogen functional groups attached to an aromatic ring is 1. The van der Waals surface area contributed by atoms with Crippen LogP contribution in [0.2, 0.25) is 0 Å². The van der Waals surface area contributed by atoms with Crippen LogP contribution in [0.25, 0.3) is 27.3 Å². The summed E-state index contributed by atoms with van der Waals surface area (Å²) in [5.41, 5.74) is 14.0. The topological polar surface area (TPSA) is 69.6 Å². The first-order valence-electron chi connectivity index (χ1n) is 10.6. The van der Waals surface area contributed by atoms with E-state index in [2.05, 4.69) is 32.0 Å². The number of pyridine rings is 1. The number of thiazole rings is 1. The molecule has 0 aliphatic rings. The zero-order chi connectivity index (χ0) is 23.1. The van der Waals surface area contributed by atoms with Crippen molar-refractivity contribution in [3.05, 3.63) is 94.6 Å². The van der Waals surface area contributed by atoms with E-state index in [1.807, 2.05) is 46.3 Å². The van der Waals surface area contributed by atoms with E-state index >= 15 is 0 Å². The third-order valence-electron chi connectivity index (χ3n) is 5.97. The van der Waals surface area contributed by atoms with Crippen molar-refractivity contribution in [2.45, 2.75) is 13.8 Å². The Kier molecular flexibility index (Phi) is 5.23. The molecule has 0 saturated heterocycles. The van der Waals surface area contributed by atoms with E-state index in [-0.39, 0.29) is 5.78 Å². The number of anilines is 1. The SMILES string of the molecule is COc1ccccc1C(=O)c1c(N)c(-c2nc(-c3ccc(C)c(C)c3)cs2)c2ccccn12. The Labute approximate surface area is 196 Å². The van der Waals surface area contributed by atoms with Crippen molar-refractivity contribution in [1.29, 1.82) is 0 Å². The van der Waals surface area contributed by atoms with Crippen LogP contribution in [0.1, 0.15) is 27.2 Å². The van der Waals surface area contributed by atoms with Crippen molar-refractivity contribution in [3.63, 3.8) is 0 Å². The fourth-order valence-corrected chi connectivity index (χ4v) is 4.96. The van der Waals surface area contributed by atoms with Gasteiger partial charge in [-0.05, 0) is 55.3 Å². The summed E-state index contributed by atoms with van der Waals surface area (Å²) in [5.74, 6) is 0.323. The van der Waals surface area contributed by atoms with E-state index in [0.29, 0.717) is 22.7 Å². The average molecular weight is 454 g/mol. The molecule has 5 rings (SSSR count). The van der Waals surface area contributed by atoms with E-state index in [4.69, 9.17) is 15.5 Å². The molecule has 0 atom stereocenters. The molecule has 0 spiro atoms. The molecule has 2 aromatic carbocycles. The summed E-state index contributed by atoms with van der Waals surface area (Å²) in [7, 11) is 1.56. The number of methoxy groups -OCH3 is 1. The first kappa shape index (κ1) is 21.0. The van der Waals surface area contributed by atoms with Crippen molar-refractivity contribution in [3.8, 4) is 27.6 Å². The maximum absolute atomic E-state index is 13.6. The summed E-state index contributed by atoms with van der Waals surface area (Å²) in [6.07, 6.45) is 1.86. The predicted octanol–water partition coefficient (Wildman–Crippen LogP) is 6.17. The highest BCUT2D eigenvalue weighted by Gasteiger charge is 2.26. The van der Waals surface area contributed by atoms with Gasteiger partial charge in [0.1, 0.15) is 16.5 Å². The highest BCUT2D eigenvalue weighted by Crippen LogP contribution is 2.40. The molecule has 2 N–H and O–H groups in total. The fourth-order valence-electron chi connectivity index (χ4n) is 4.07. The zero-order valence-electron chi connectivity index (χ0n) is 18.6. The molecule has 0 fully saturated rings. The van der Waals surface area contributed by atoms with E-state index < -0.39 is 0 Å². The Morgan fingerprint density at radius 1 is 1.03 bits per heavy atom. The van der Waals surface area contributed by atoms with Crippen molar-refractivity contribution in [2.75, 3.05) is 12.8 Å². The minimum Gasteiger partial charge on any atom is -0.496 e. The van der Waals surface area contributed by atoms with Crippen LogP contribution >= 0.6 is 11.3 Å². The number of ether oxygens (including phenoxy) is 1. The zero-order valence-corrected chi connectivity index (χ0v) is 19.4. The third-order valence-corrected chi connectivity index (χ3v) is 6.83. The lowest BCUT2D eigenvalue weighted by molar-refractivity contribution is 0.103. The molecular formula is C27H23N3O2S. The fraction of sp³-hybridized carbons (Fsp3) is 0.111. The quantitative estimate of drug-likeness (QED) is 0.323. The standard InChI is InChI=1S/C27H23N3O2S/c1-16-11-12-18(14-17(16)2)20-15-33-27(29-20)23-21-9-6-7-13-30(21)25(24(23)28)26(31)19-8-4-5-10-22(19)32-3/h4-15H,28H2,1-3H3. The summed E-state index contributed by atoms with van der Waals surface area (Å²) >= 11 is 1.52. The first-order valence-corrected chi connectivity index (χ1v) is 11.5. The molecule has 0 amide bonds. The Balaban J connectivity index is 1.67. The van der Waals surface area contributed by atoms with E-state index in [9.17, 15) is 4.79 Å². The first-order chi connectivity index (χ1) is 16.0. The van der Waals surface area contributed by atoms with E-state index in [1.54, 1.807) is 19.2 Å². The van der Waals surface area contributed by atoms with Gasteiger partial charge >= 0.3 is 0 Å². The number of nitrogens with two attached hydrogens (primary N) is 1. The van der Waals surface area contributed by atoms with Gasteiger partial charge in [0, 0.05) is 17.1 Å². The number of carbonyl (C=O) groups excluding carboxylic acids is 1. The Morgan fingerprint density at radius 2 is 1.82 bits per heavy atom. The number of carbonyl (C=O) groups is 1. The molecule has 33 heavy (non-hydrogen) atoms. The van der Waals surface area contributed by atoms with Crippen LogP contribution < -0.4 is 10.5 Å². The largest absolute Gasteiger partial charge is 0.496 e. The van der Waals surface area contributed by atoms with Crippen LogP contribution in [-0.4, -0.2) is 22.3 Å². The molecule has 0 radical (unpaired) electrons. The number of ketones is 1.